The third-order valence-corrected chi connectivity index (χ3v) is 6.03. The Labute approximate surface area is 172 Å². The zero-order valence-electron chi connectivity index (χ0n) is 15.8. The number of thioether (sulfide) groups is 1. The molecule has 0 aliphatic carbocycles. The fourth-order valence-electron chi connectivity index (χ4n) is 2.60. The topological polar surface area (TPSA) is 76.9 Å². The average molecular weight is 415 g/mol. The van der Waals surface area contributed by atoms with Crippen molar-refractivity contribution in [1.29, 1.82) is 0 Å². The number of rotatable bonds is 9. The lowest BCUT2D eigenvalue weighted by atomic mass is 10.1. The highest BCUT2D eigenvalue weighted by molar-refractivity contribution is 7.99. The standard InChI is InChI=1S/C20H22N4O2S2/c1-3-5-19(26)21-15-9-7-14(8-10-15)17(25)13-28-20-23-22-18(24(20)2)12-16-6-4-11-27-16/h4,6-11H,3,5,12-13H2,1-2H3,(H,21,26). The molecule has 0 atom stereocenters. The van der Waals surface area contributed by atoms with Crippen LogP contribution in [-0.4, -0.2) is 32.2 Å². The monoisotopic (exact) mass is 414 g/mol. The maximum Gasteiger partial charge on any atom is 0.224 e. The van der Waals surface area contributed by atoms with Gasteiger partial charge in [0.1, 0.15) is 5.82 Å². The van der Waals surface area contributed by atoms with Gasteiger partial charge in [-0.2, -0.15) is 0 Å². The summed E-state index contributed by atoms with van der Waals surface area (Å²) in [5, 5.41) is 14.0. The number of thiophene rings is 1. The second-order valence-electron chi connectivity index (χ2n) is 6.30. The molecule has 0 fully saturated rings. The van der Waals surface area contributed by atoms with Gasteiger partial charge in [0.05, 0.1) is 5.75 Å². The maximum atomic E-state index is 12.5. The quantitative estimate of drug-likeness (QED) is 0.420. The number of hydrogen-bond acceptors (Lipinski definition) is 6. The van der Waals surface area contributed by atoms with Crippen molar-refractivity contribution in [2.45, 2.75) is 31.3 Å². The van der Waals surface area contributed by atoms with E-state index in [2.05, 4.69) is 21.6 Å². The molecule has 0 aliphatic heterocycles. The van der Waals surface area contributed by atoms with E-state index in [-0.39, 0.29) is 17.4 Å². The van der Waals surface area contributed by atoms with Crippen molar-refractivity contribution in [3.8, 4) is 0 Å². The molecule has 1 aromatic carbocycles. The number of carbonyl (C=O) groups is 2. The number of ketones is 1. The molecule has 0 radical (unpaired) electrons. The van der Waals surface area contributed by atoms with E-state index in [1.165, 1.54) is 16.6 Å². The Morgan fingerprint density at radius 2 is 1.96 bits per heavy atom. The Kier molecular flexibility index (Phi) is 7.00. The first-order valence-corrected chi connectivity index (χ1v) is 10.9. The van der Waals surface area contributed by atoms with Crippen molar-refractivity contribution in [1.82, 2.24) is 14.8 Å². The average Bonchev–Trinajstić information content (AvgIpc) is 3.32. The van der Waals surface area contributed by atoms with Crippen LogP contribution < -0.4 is 5.32 Å². The van der Waals surface area contributed by atoms with Crippen LogP contribution in [0.4, 0.5) is 5.69 Å². The lowest BCUT2D eigenvalue weighted by molar-refractivity contribution is -0.116. The summed E-state index contributed by atoms with van der Waals surface area (Å²) in [4.78, 5) is 25.3. The van der Waals surface area contributed by atoms with Crippen LogP contribution in [0.2, 0.25) is 0 Å². The number of carbonyl (C=O) groups excluding carboxylic acids is 2. The van der Waals surface area contributed by atoms with E-state index in [1.54, 1.807) is 35.6 Å². The van der Waals surface area contributed by atoms with E-state index in [9.17, 15) is 9.59 Å². The predicted molar refractivity (Wildman–Crippen MR) is 113 cm³/mol. The van der Waals surface area contributed by atoms with Crippen molar-refractivity contribution in [2.24, 2.45) is 7.05 Å². The van der Waals surface area contributed by atoms with Crippen molar-refractivity contribution < 1.29 is 9.59 Å². The molecule has 2 heterocycles. The van der Waals surface area contributed by atoms with Crippen LogP contribution in [0.1, 0.15) is 40.8 Å². The van der Waals surface area contributed by atoms with Crippen LogP contribution in [0.3, 0.4) is 0 Å². The highest BCUT2D eigenvalue weighted by atomic mass is 32.2. The maximum absolute atomic E-state index is 12.5. The van der Waals surface area contributed by atoms with Gasteiger partial charge in [-0.15, -0.1) is 21.5 Å². The SMILES string of the molecule is CCCC(=O)Nc1ccc(C(=O)CSc2nnc(Cc3cccs3)n2C)cc1. The summed E-state index contributed by atoms with van der Waals surface area (Å²) < 4.78 is 1.93. The lowest BCUT2D eigenvalue weighted by Gasteiger charge is -2.06. The highest BCUT2D eigenvalue weighted by Crippen LogP contribution is 2.20. The zero-order chi connectivity index (χ0) is 19.9. The van der Waals surface area contributed by atoms with Crippen LogP contribution in [0.15, 0.2) is 46.9 Å². The van der Waals surface area contributed by atoms with Gasteiger partial charge in [-0.25, -0.2) is 0 Å². The van der Waals surface area contributed by atoms with Crippen molar-refractivity contribution in [3.63, 3.8) is 0 Å². The third-order valence-electron chi connectivity index (χ3n) is 4.14. The van der Waals surface area contributed by atoms with Gasteiger partial charge in [0, 0.05) is 36.0 Å². The summed E-state index contributed by atoms with van der Waals surface area (Å²) in [6.45, 7) is 1.96. The molecule has 0 saturated carbocycles. The summed E-state index contributed by atoms with van der Waals surface area (Å²) in [5.41, 5.74) is 1.32. The van der Waals surface area contributed by atoms with Crippen LogP contribution in [0.25, 0.3) is 0 Å². The number of amides is 1. The van der Waals surface area contributed by atoms with E-state index in [0.717, 1.165) is 23.8 Å². The van der Waals surface area contributed by atoms with Gasteiger partial charge in [-0.05, 0) is 42.1 Å². The minimum atomic E-state index is -0.0160. The lowest BCUT2D eigenvalue weighted by Crippen LogP contribution is -2.11. The molecule has 8 heteroatoms. The molecule has 6 nitrogen and oxygen atoms in total. The molecule has 0 saturated heterocycles. The smallest absolute Gasteiger partial charge is 0.224 e. The number of aromatic nitrogens is 3. The van der Waals surface area contributed by atoms with Crippen LogP contribution in [-0.2, 0) is 18.3 Å². The van der Waals surface area contributed by atoms with E-state index in [1.807, 2.05) is 30.0 Å². The molecule has 0 unspecified atom stereocenters. The Bertz CT molecular complexity index is 934. The van der Waals surface area contributed by atoms with Crippen molar-refractivity contribution in [2.75, 3.05) is 11.1 Å². The van der Waals surface area contributed by atoms with E-state index >= 15 is 0 Å². The second kappa shape index (κ2) is 9.66. The molecular weight excluding hydrogens is 392 g/mol. The fourth-order valence-corrected chi connectivity index (χ4v) is 4.12. The minimum Gasteiger partial charge on any atom is -0.326 e. The molecular formula is C20H22N4O2S2. The highest BCUT2D eigenvalue weighted by Gasteiger charge is 2.13. The summed E-state index contributed by atoms with van der Waals surface area (Å²) in [5.74, 6) is 1.16. The van der Waals surface area contributed by atoms with E-state index in [0.29, 0.717) is 17.7 Å². The molecule has 28 heavy (non-hydrogen) atoms. The van der Waals surface area contributed by atoms with Crippen LogP contribution >= 0.6 is 23.1 Å². The summed E-state index contributed by atoms with van der Waals surface area (Å²) >= 11 is 3.07. The van der Waals surface area contributed by atoms with Crippen LogP contribution in [0, 0.1) is 0 Å². The van der Waals surface area contributed by atoms with E-state index in [4.69, 9.17) is 0 Å². The van der Waals surface area contributed by atoms with Gasteiger partial charge in [-0.1, -0.05) is 24.8 Å². The molecule has 1 amide bonds. The number of benzene rings is 1. The van der Waals surface area contributed by atoms with Gasteiger partial charge >= 0.3 is 0 Å². The largest absolute Gasteiger partial charge is 0.326 e. The summed E-state index contributed by atoms with van der Waals surface area (Å²) in [6, 6.07) is 11.1. The molecule has 0 spiro atoms. The third kappa shape index (κ3) is 5.30. The van der Waals surface area contributed by atoms with Gasteiger partial charge < -0.3 is 9.88 Å². The Morgan fingerprint density at radius 1 is 1.18 bits per heavy atom. The molecule has 0 aliphatic rings. The molecule has 1 N–H and O–H groups in total. The van der Waals surface area contributed by atoms with Gasteiger partial charge in [0.15, 0.2) is 10.9 Å². The summed E-state index contributed by atoms with van der Waals surface area (Å²) in [6.07, 6.45) is 2.03. The Balaban J connectivity index is 1.55. The molecule has 0 bridgehead atoms. The first-order valence-electron chi connectivity index (χ1n) is 9.03. The number of nitrogens with one attached hydrogen (secondary N) is 1. The molecule has 2 aromatic heterocycles. The first-order chi connectivity index (χ1) is 13.6. The van der Waals surface area contributed by atoms with E-state index < -0.39 is 0 Å². The fraction of sp³-hybridized carbons (Fsp3) is 0.300. The Morgan fingerprint density at radius 3 is 2.64 bits per heavy atom. The normalized spacial score (nSPS) is 10.8. The van der Waals surface area contributed by atoms with Gasteiger partial charge in [-0.3, -0.25) is 9.59 Å². The van der Waals surface area contributed by atoms with Crippen LogP contribution in [0.5, 0.6) is 0 Å². The number of anilines is 1. The zero-order valence-corrected chi connectivity index (χ0v) is 17.5. The number of nitrogens with zero attached hydrogens (tertiary/aromatic N) is 3. The first kappa shape index (κ1) is 20.3. The predicted octanol–water partition coefficient (Wildman–Crippen LogP) is 4.18. The molecule has 3 rings (SSSR count). The molecule has 3 aromatic rings. The Hall–Kier alpha value is -2.45. The summed E-state index contributed by atoms with van der Waals surface area (Å²) in [7, 11) is 1.92. The second-order valence-corrected chi connectivity index (χ2v) is 8.28. The van der Waals surface area contributed by atoms with Gasteiger partial charge in [0.2, 0.25) is 5.91 Å². The van der Waals surface area contributed by atoms with Crippen molar-refractivity contribution in [3.05, 3.63) is 58.0 Å². The van der Waals surface area contributed by atoms with Gasteiger partial charge in [0.25, 0.3) is 0 Å². The number of Topliss-reactive ketones (excluding diaryl/α,β-unsaturated/α-hetero) is 1. The number of hydrogen-bond donors (Lipinski definition) is 1. The van der Waals surface area contributed by atoms with Crippen molar-refractivity contribution >= 4 is 40.5 Å². The minimum absolute atomic E-state index is 0.0132. The molecule has 146 valence electrons.